The van der Waals surface area contributed by atoms with E-state index in [2.05, 4.69) is 98.4 Å². The van der Waals surface area contributed by atoms with Crippen molar-refractivity contribution in [3.63, 3.8) is 0 Å². The molecule has 2 nitrogen and oxygen atoms in total. The van der Waals surface area contributed by atoms with Gasteiger partial charge in [0.25, 0.3) is 0 Å². The molecule has 0 N–H and O–H groups in total. The second-order valence-electron chi connectivity index (χ2n) is 16.3. The van der Waals surface area contributed by atoms with Crippen molar-refractivity contribution in [2.75, 3.05) is 0 Å². The van der Waals surface area contributed by atoms with Gasteiger partial charge in [-0.2, -0.15) is 0 Å². The zero-order valence-corrected chi connectivity index (χ0v) is 33.9. The molecule has 0 bridgehead atoms. The minimum atomic E-state index is -0.0281. The fourth-order valence-electron chi connectivity index (χ4n) is 8.48. The highest BCUT2D eigenvalue weighted by atomic mass is 15.1. The van der Waals surface area contributed by atoms with E-state index in [0.717, 1.165) is 13.0 Å². The molecule has 2 unspecified atom stereocenters. The predicted octanol–water partition coefficient (Wildman–Crippen LogP) is 15.7. The van der Waals surface area contributed by atoms with Crippen molar-refractivity contribution in [1.29, 1.82) is 0 Å². The number of hydrogen-bond donors (Lipinski definition) is 0. The molecular formula is C49H80N2. The minimum absolute atomic E-state index is 0.0281. The van der Waals surface area contributed by atoms with E-state index in [9.17, 15) is 0 Å². The third kappa shape index (κ3) is 17.8. The molecule has 1 aromatic heterocycles. The summed E-state index contributed by atoms with van der Waals surface area (Å²) in [7, 11) is 0. The Bertz CT molecular complexity index is 1180. The number of nitrogens with zero attached hydrogens (tertiary/aromatic N) is 2. The Labute approximate surface area is 317 Å². The molecule has 0 saturated carbocycles. The first-order chi connectivity index (χ1) is 25.2. The molecule has 51 heavy (non-hydrogen) atoms. The lowest BCUT2D eigenvalue weighted by Gasteiger charge is -2.39. The summed E-state index contributed by atoms with van der Waals surface area (Å²) in [5, 5.41) is 0. The molecule has 0 radical (unpaired) electrons. The van der Waals surface area contributed by atoms with Gasteiger partial charge in [-0.15, -0.1) is 0 Å². The van der Waals surface area contributed by atoms with Crippen LogP contribution in [0.5, 0.6) is 0 Å². The zero-order valence-electron chi connectivity index (χ0n) is 33.9. The Balaban J connectivity index is 1.51. The van der Waals surface area contributed by atoms with Crippen molar-refractivity contribution in [2.24, 2.45) is 0 Å². The van der Waals surface area contributed by atoms with Crippen LogP contribution in [0.3, 0.4) is 0 Å². The van der Waals surface area contributed by atoms with Crippen molar-refractivity contribution in [2.45, 2.75) is 218 Å². The summed E-state index contributed by atoms with van der Waals surface area (Å²) in [6.45, 7) is 8.24. The maximum atomic E-state index is 5.17. The normalized spacial score (nSPS) is 13.4. The molecule has 3 rings (SSSR count). The lowest BCUT2D eigenvalue weighted by Crippen LogP contribution is -2.35. The number of hydrogen-bond acceptors (Lipinski definition) is 1. The molecule has 0 aliphatic carbocycles. The highest BCUT2D eigenvalue weighted by Gasteiger charge is 2.39. The Morgan fingerprint density at radius 1 is 0.510 bits per heavy atom. The zero-order chi connectivity index (χ0) is 36.1. The van der Waals surface area contributed by atoms with Crippen LogP contribution in [0, 0.1) is 0 Å². The number of benzene rings is 2. The number of aryl methyl sites for hydroxylation is 1. The molecule has 2 atom stereocenters. The Hall–Kier alpha value is -2.35. The van der Waals surface area contributed by atoms with Gasteiger partial charge in [-0.3, -0.25) is 0 Å². The lowest BCUT2D eigenvalue weighted by atomic mass is 9.66. The van der Waals surface area contributed by atoms with Gasteiger partial charge in [0.2, 0.25) is 0 Å². The number of rotatable bonds is 33. The molecule has 286 valence electrons. The fourth-order valence-corrected chi connectivity index (χ4v) is 8.48. The van der Waals surface area contributed by atoms with E-state index >= 15 is 0 Å². The molecule has 0 amide bonds. The van der Waals surface area contributed by atoms with E-state index in [1.165, 1.54) is 190 Å². The van der Waals surface area contributed by atoms with Crippen molar-refractivity contribution in [1.82, 2.24) is 9.55 Å². The fraction of sp³-hybridized carbons (Fsp3) is 0.694. The van der Waals surface area contributed by atoms with Crippen LogP contribution in [-0.4, -0.2) is 9.55 Å². The summed E-state index contributed by atoms with van der Waals surface area (Å²) in [5.74, 6) is 1.69. The molecule has 3 aromatic rings. The quantitative estimate of drug-likeness (QED) is 0.0580. The van der Waals surface area contributed by atoms with E-state index in [0.29, 0.717) is 5.92 Å². The van der Waals surface area contributed by atoms with Gasteiger partial charge >= 0.3 is 0 Å². The van der Waals surface area contributed by atoms with Crippen LogP contribution in [0.4, 0.5) is 0 Å². The summed E-state index contributed by atoms with van der Waals surface area (Å²) in [6.07, 6.45) is 43.0. The van der Waals surface area contributed by atoms with Crippen LogP contribution >= 0.6 is 0 Å². The van der Waals surface area contributed by atoms with Gasteiger partial charge in [0.1, 0.15) is 5.82 Å². The van der Waals surface area contributed by atoms with Gasteiger partial charge < -0.3 is 4.57 Å². The first kappa shape index (κ1) is 43.1. The average Bonchev–Trinajstić information content (AvgIpc) is 3.62. The Morgan fingerprint density at radius 2 is 0.922 bits per heavy atom. The number of unbranched alkanes of at least 4 members (excludes halogenated alkanes) is 24. The molecule has 2 heteroatoms. The van der Waals surface area contributed by atoms with Crippen LogP contribution in [0.15, 0.2) is 73.1 Å². The molecule has 0 spiro atoms. The van der Waals surface area contributed by atoms with Crippen molar-refractivity contribution in [3.8, 4) is 0 Å². The second kappa shape index (κ2) is 28.2. The average molecular weight is 697 g/mol. The van der Waals surface area contributed by atoms with E-state index in [-0.39, 0.29) is 5.41 Å². The van der Waals surface area contributed by atoms with Gasteiger partial charge in [-0.25, -0.2) is 4.98 Å². The maximum Gasteiger partial charge on any atom is 0.112 e. The van der Waals surface area contributed by atoms with Crippen LogP contribution in [-0.2, 0) is 18.4 Å². The molecule has 0 fully saturated rings. The van der Waals surface area contributed by atoms with Crippen LogP contribution in [0.2, 0.25) is 0 Å². The molecule has 2 aromatic carbocycles. The van der Waals surface area contributed by atoms with Crippen LogP contribution in [0.25, 0.3) is 0 Å². The first-order valence-corrected chi connectivity index (χ1v) is 22.3. The maximum absolute atomic E-state index is 5.17. The van der Waals surface area contributed by atoms with Gasteiger partial charge in [-0.05, 0) is 30.4 Å². The smallest absolute Gasteiger partial charge is 0.112 e. The predicted molar refractivity (Wildman–Crippen MR) is 225 cm³/mol. The summed E-state index contributed by atoms with van der Waals surface area (Å²) < 4.78 is 2.54. The van der Waals surface area contributed by atoms with E-state index in [4.69, 9.17) is 4.98 Å². The highest BCUT2D eigenvalue weighted by molar-refractivity contribution is 5.33. The SMILES string of the molecule is CCCCCCCCCCCCCCCCCCn1ccnc1C(CCCCCCCCCCCC)C(C)(Cc1ccccc1)c1ccccc1. The highest BCUT2D eigenvalue weighted by Crippen LogP contribution is 2.44. The van der Waals surface area contributed by atoms with E-state index < -0.39 is 0 Å². The number of aromatic nitrogens is 2. The Kier molecular flexibility index (Phi) is 23.8. The largest absolute Gasteiger partial charge is 0.335 e. The summed E-state index contributed by atoms with van der Waals surface area (Å²) in [5.41, 5.74) is 2.84. The standard InChI is InChI=1S/C49H80N2/c1-4-6-8-10-12-14-16-17-18-19-20-21-23-25-27-35-42-51-43-41-50-48(51)47(40-34-26-24-22-15-13-11-9-7-5-2)49(3,46-38-32-29-33-39-46)44-45-36-30-28-31-37-45/h28-33,36-39,41,43,47H,4-27,34-35,40,42,44H2,1-3H3. The monoisotopic (exact) mass is 697 g/mol. The third-order valence-electron chi connectivity index (χ3n) is 11.8. The molecule has 0 aliphatic rings. The third-order valence-corrected chi connectivity index (χ3v) is 11.8. The molecule has 0 saturated heterocycles. The summed E-state index contributed by atoms with van der Waals surface area (Å²) in [4.78, 5) is 5.17. The lowest BCUT2D eigenvalue weighted by molar-refractivity contribution is 0.321. The molecule has 1 heterocycles. The second-order valence-corrected chi connectivity index (χ2v) is 16.3. The minimum Gasteiger partial charge on any atom is -0.335 e. The van der Waals surface area contributed by atoms with E-state index in [1.54, 1.807) is 0 Å². The Morgan fingerprint density at radius 3 is 1.39 bits per heavy atom. The van der Waals surface area contributed by atoms with Crippen LogP contribution < -0.4 is 0 Å². The summed E-state index contributed by atoms with van der Waals surface area (Å²) in [6, 6.07) is 22.6. The van der Waals surface area contributed by atoms with Crippen molar-refractivity contribution < 1.29 is 0 Å². The first-order valence-electron chi connectivity index (χ1n) is 22.3. The molecular weight excluding hydrogens is 617 g/mol. The van der Waals surface area contributed by atoms with Gasteiger partial charge in [0.05, 0.1) is 0 Å². The molecule has 0 aliphatic heterocycles. The van der Waals surface area contributed by atoms with Gasteiger partial charge in [0, 0.05) is 30.3 Å². The number of imidazole rings is 1. The van der Waals surface area contributed by atoms with Gasteiger partial charge in [0.15, 0.2) is 0 Å². The topological polar surface area (TPSA) is 17.8 Å². The van der Waals surface area contributed by atoms with Crippen molar-refractivity contribution >= 4 is 0 Å². The van der Waals surface area contributed by atoms with Gasteiger partial charge in [-0.1, -0.05) is 242 Å². The van der Waals surface area contributed by atoms with E-state index in [1.807, 2.05) is 0 Å². The van der Waals surface area contributed by atoms with Crippen LogP contribution in [0.1, 0.15) is 217 Å². The van der Waals surface area contributed by atoms with Crippen molar-refractivity contribution in [3.05, 3.63) is 90.0 Å². The summed E-state index contributed by atoms with van der Waals surface area (Å²) >= 11 is 0.